The van der Waals surface area contributed by atoms with Gasteiger partial charge in [0.15, 0.2) is 0 Å². The van der Waals surface area contributed by atoms with E-state index in [9.17, 15) is 4.79 Å². The maximum absolute atomic E-state index is 11.9. The summed E-state index contributed by atoms with van der Waals surface area (Å²) in [6.45, 7) is 1.45. The lowest BCUT2D eigenvalue weighted by atomic mass is 10.2. The highest BCUT2D eigenvalue weighted by molar-refractivity contribution is 5.86. The zero-order chi connectivity index (χ0) is 14.1. The van der Waals surface area contributed by atoms with Crippen LogP contribution in [0.15, 0.2) is 12.1 Å². The van der Waals surface area contributed by atoms with E-state index >= 15 is 0 Å². The van der Waals surface area contributed by atoms with E-state index in [0.29, 0.717) is 29.9 Å². The van der Waals surface area contributed by atoms with Crippen molar-refractivity contribution >= 4 is 17.4 Å². The Hall–Kier alpha value is -1.98. The highest BCUT2D eigenvalue weighted by Gasteiger charge is 2.29. The largest absolute Gasteiger partial charge is 0.476 e. The van der Waals surface area contributed by atoms with E-state index in [2.05, 4.69) is 10.3 Å². The van der Waals surface area contributed by atoms with Crippen molar-refractivity contribution in [3.05, 3.63) is 12.1 Å². The smallest absolute Gasteiger partial charge is 0.244 e. The first-order valence-corrected chi connectivity index (χ1v) is 7.04. The highest BCUT2D eigenvalue weighted by atomic mass is 16.5. The first kappa shape index (κ1) is 13.0. The van der Waals surface area contributed by atoms with Crippen LogP contribution in [0.3, 0.4) is 0 Å². The van der Waals surface area contributed by atoms with E-state index in [0.717, 1.165) is 13.0 Å². The lowest BCUT2D eigenvalue weighted by Crippen LogP contribution is -2.31. The van der Waals surface area contributed by atoms with Crippen LogP contribution in [-0.2, 0) is 4.79 Å². The Kier molecular flexibility index (Phi) is 3.38. The molecule has 3 N–H and O–H groups in total. The molecule has 6 nitrogen and oxygen atoms in total. The Labute approximate surface area is 118 Å². The molecule has 0 radical (unpaired) electrons. The van der Waals surface area contributed by atoms with Crippen LogP contribution in [0.25, 0.3) is 0 Å². The molecule has 1 saturated heterocycles. The summed E-state index contributed by atoms with van der Waals surface area (Å²) in [5.41, 5.74) is 6.40. The second-order valence-electron chi connectivity index (χ2n) is 5.59. The van der Waals surface area contributed by atoms with Gasteiger partial charge in [0.05, 0.1) is 12.3 Å². The Balaban J connectivity index is 1.66. The van der Waals surface area contributed by atoms with Crippen LogP contribution < -0.4 is 15.8 Å². The Morgan fingerprint density at radius 2 is 2.25 bits per heavy atom. The van der Waals surface area contributed by atoms with Crippen molar-refractivity contribution in [1.29, 1.82) is 0 Å². The number of hydrogen-bond donors (Lipinski definition) is 2. The number of anilines is 2. The molecule has 20 heavy (non-hydrogen) atoms. The van der Waals surface area contributed by atoms with Gasteiger partial charge in [0, 0.05) is 13.6 Å². The van der Waals surface area contributed by atoms with Gasteiger partial charge in [-0.1, -0.05) is 0 Å². The van der Waals surface area contributed by atoms with Crippen molar-refractivity contribution in [1.82, 2.24) is 9.88 Å². The van der Waals surface area contributed by atoms with Crippen LogP contribution in [0.4, 0.5) is 11.5 Å². The van der Waals surface area contributed by atoms with Gasteiger partial charge < -0.3 is 20.7 Å². The maximum atomic E-state index is 11.9. The van der Waals surface area contributed by atoms with Crippen LogP contribution in [0.5, 0.6) is 5.88 Å². The van der Waals surface area contributed by atoms with Crippen molar-refractivity contribution < 1.29 is 9.53 Å². The van der Waals surface area contributed by atoms with Gasteiger partial charge in [-0.15, -0.1) is 0 Å². The second-order valence-corrected chi connectivity index (χ2v) is 5.59. The number of rotatable bonds is 5. The first-order valence-electron chi connectivity index (χ1n) is 7.04. The van der Waals surface area contributed by atoms with Gasteiger partial charge in [0.2, 0.25) is 11.8 Å². The zero-order valence-corrected chi connectivity index (χ0v) is 11.6. The van der Waals surface area contributed by atoms with E-state index in [1.807, 2.05) is 7.05 Å². The third kappa shape index (κ3) is 2.79. The summed E-state index contributed by atoms with van der Waals surface area (Å²) in [7, 11) is 1.81. The molecule has 0 aromatic carbocycles. The summed E-state index contributed by atoms with van der Waals surface area (Å²) in [6.07, 6.45) is 3.24. The summed E-state index contributed by atoms with van der Waals surface area (Å²) >= 11 is 0. The molecule has 2 fully saturated rings. The standard InChI is InChI=1S/C14H20N4O2/c1-18-7-6-11(14(18)19)16-12-5-4-10(15)13(17-12)20-8-9-2-3-9/h4-5,9,11H,2-3,6-8,15H2,1H3,(H,16,17). The van der Waals surface area contributed by atoms with Gasteiger partial charge in [-0.05, 0) is 37.3 Å². The molecule has 1 aliphatic carbocycles. The van der Waals surface area contributed by atoms with Gasteiger partial charge in [0.1, 0.15) is 11.9 Å². The highest BCUT2D eigenvalue weighted by Crippen LogP contribution is 2.30. The predicted molar refractivity (Wildman–Crippen MR) is 76.5 cm³/mol. The molecular formula is C14H20N4O2. The molecule has 1 aromatic heterocycles. The molecule has 1 unspecified atom stereocenters. The summed E-state index contributed by atoms with van der Waals surface area (Å²) in [4.78, 5) is 18.0. The molecule has 1 saturated carbocycles. The molecule has 3 rings (SSSR count). The lowest BCUT2D eigenvalue weighted by Gasteiger charge is -2.14. The van der Waals surface area contributed by atoms with E-state index in [1.54, 1.807) is 17.0 Å². The minimum atomic E-state index is -0.201. The Morgan fingerprint density at radius 3 is 2.90 bits per heavy atom. The third-order valence-corrected chi connectivity index (χ3v) is 3.79. The predicted octanol–water partition coefficient (Wildman–Crippen LogP) is 1.10. The van der Waals surface area contributed by atoms with Crippen molar-refractivity contribution in [2.75, 3.05) is 31.2 Å². The number of carbonyl (C=O) groups is 1. The summed E-state index contributed by atoms with van der Waals surface area (Å²) in [6, 6.07) is 3.35. The topological polar surface area (TPSA) is 80.5 Å². The van der Waals surface area contributed by atoms with Gasteiger partial charge in [-0.25, -0.2) is 0 Å². The second kappa shape index (κ2) is 5.19. The summed E-state index contributed by atoms with van der Waals surface area (Å²) in [5, 5.41) is 3.15. The van der Waals surface area contributed by atoms with Crippen LogP contribution in [0.1, 0.15) is 19.3 Å². The number of nitrogens with one attached hydrogen (secondary N) is 1. The number of nitrogens with two attached hydrogens (primary N) is 1. The number of likely N-dealkylation sites (tertiary alicyclic amines) is 1. The van der Waals surface area contributed by atoms with Crippen molar-refractivity contribution in [3.63, 3.8) is 0 Å². The van der Waals surface area contributed by atoms with Crippen LogP contribution in [0, 0.1) is 5.92 Å². The summed E-state index contributed by atoms with van der Waals surface area (Å²) < 4.78 is 5.64. The number of nitrogen functional groups attached to an aromatic ring is 1. The number of amides is 1. The fourth-order valence-electron chi connectivity index (χ4n) is 2.26. The minimum Gasteiger partial charge on any atom is -0.476 e. The average Bonchev–Trinajstić information content (AvgIpc) is 3.21. The van der Waals surface area contributed by atoms with Gasteiger partial charge in [-0.2, -0.15) is 4.98 Å². The molecule has 2 heterocycles. The number of carbonyl (C=O) groups excluding carboxylic acids is 1. The molecule has 6 heteroatoms. The van der Waals surface area contributed by atoms with Crippen LogP contribution in [0.2, 0.25) is 0 Å². The number of pyridine rings is 1. The quantitative estimate of drug-likeness (QED) is 0.841. The molecule has 0 spiro atoms. The zero-order valence-electron chi connectivity index (χ0n) is 11.6. The molecule has 2 aliphatic rings. The fraction of sp³-hybridized carbons (Fsp3) is 0.571. The summed E-state index contributed by atoms with van der Waals surface area (Å²) in [5.74, 6) is 1.85. The van der Waals surface area contributed by atoms with Crippen molar-refractivity contribution in [2.45, 2.75) is 25.3 Å². The molecule has 1 aromatic rings. The van der Waals surface area contributed by atoms with Crippen LogP contribution in [-0.4, -0.2) is 42.0 Å². The minimum absolute atomic E-state index is 0.101. The number of aromatic nitrogens is 1. The normalized spacial score (nSPS) is 22.1. The van der Waals surface area contributed by atoms with Gasteiger partial charge in [0.25, 0.3) is 0 Å². The van der Waals surface area contributed by atoms with E-state index in [-0.39, 0.29) is 11.9 Å². The SMILES string of the molecule is CN1CCC(Nc2ccc(N)c(OCC3CC3)n2)C1=O. The van der Waals surface area contributed by atoms with E-state index in [4.69, 9.17) is 10.5 Å². The first-order chi connectivity index (χ1) is 9.63. The van der Waals surface area contributed by atoms with Crippen molar-refractivity contribution in [2.24, 2.45) is 5.92 Å². The molecule has 1 aliphatic heterocycles. The lowest BCUT2D eigenvalue weighted by molar-refractivity contribution is -0.127. The van der Waals surface area contributed by atoms with Crippen LogP contribution >= 0.6 is 0 Å². The number of ether oxygens (including phenoxy) is 1. The monoisotopic (exact) mass is 276 g/mol. The molecule has 108 valence electrons. The Morgan fingerprint density at radius 1 is 1.45 bits per heavy atom. The number of hydrogen-bond acceptors (Lipinski definition) is 5. The fourth-order valence-corrected chi connectivity index (χ4v) is 2.26. The molecule has 0 bridgehead atoms. The Bertz CT molecular complexity index is 516. The number of nitrogens with zero attached hydrogens (tertiary/aromatic N) is 2. The van der Waals surface area contributed by atoms with E-state index < -0.39 is 0 Å². The third-order valence-electron chi connectivity index (χ3n) is 3.79. The molecular weight excluding hydrogens is 256 g/mol. The van der Waals surface area contributed by atoms with Gasteiger partial charge >= 0.3 is 0 Å². The maximum Gasteiger partial charge on any atom is 0.244 e. The molecule has 1 atom stereocenters. The average molecular weight is 276 g/mol. The van der Waals surface area contributed by atoms with E-state index in [1.165, 1.54) is 12.8 Å². The number of likely N-dealkylation sites (N-methyl/N-ethyl adjacent to an activating group) is 1. The molecule has 1 amide bonds. The van der Waals surface area contributed by atoms with Gasteiger partial charge in [-0.3, -0.25) is 4.79 Å². The van der Waals surface area contributed by atoms with Crippen molar-refractivity contribution in [3.8, 4) is 5.88 Å².